The maximum atomic E-state index is 13.7. The standard InChI is InChI=1S/C12H7BrFN3/c13-9-5-6-15-12-8(9)7-16-17(12)11-4-2-1-3-10(11)14/h1-7H. The number of fused-ring (bicyclic) bond motifs is 1. The van der Waals surface area contributed by atoms with Gasteiger partial charge in [-0.15, -0.1) is 0 Å². The largest absolute Gasteiger partial charge is 0.236 e. The summed E-state index contributed by atoms with van der Waals surface area (Å²) in [5.74, 6) is -0.320. The van der Waals surface area contributed by atoms with Crippen molar-refractivity contribution in [3.63, 3.8) is 0 Å². The molecular formula is C12H7BrFN3. The quantitative estimate of drug-likeness (QED) is 0.689. The molecule has 0 aliphatic rings. The minimum Gasteiger partial charge on any atom is -0.236 e. The topological polar surface area (TPSA) is 30.7 Å². The third-order valence-corrected chi connectivity index (χ3v) is 3.19. The number of aromatic nitrogens is 3. The molecule has 5 heteroatoms. The lowest BCUT2D eigenvalue weighted by molar-refractivity contribution is 0.612. The SMILES string of the molecule is Fc1ccccc1-n1ncc2c(Br)ccnc21. The molecule has 1 aromatic carbocycles. The van der Waals surface area contributed by atoms with E-state index in [4.69, 9.17) is 0 Å². The highest BCUT2D eigenvalue weighted by atomic mass is 79.9. The molecule has 0 radical (unpaired) electrons. The van der Waals surface area contributed by atoms with Gasteiger partial charge in [0.1, 0.15) is 11.5 Å². The van der Waals surface area contributed by atoms with Crippen LogP contribution in [0.5, 0.6) is 0 Å². The Morgan fingerprint density at radius 3 is 2.82 bits per heavy atom. The molecule has 0 fully saturated rings. The molecule has 0 amide bonds. The average Bonchev–Trinajstić information content (AvgIpc) is 2.75. The lowest BCUT2D eigenvalue weighted by Gasteiger charge is -2.03. The van der Waals surface area contributed by atoms with Crippen molar-refractivity contribution in [2.24, 2.45) is 0 Å². The molecule has 0 spiro atoms. The van der Waals surface area contributed by atoms with Crippen LogP contribution in [-0.2, 0) is 0 Å². The second kappa shape index (κ2) is 3.92. The Hall–Kier alpha value is -1.75. The van der Waals surface area contributed by atoms with Crippen LogP contribution in [0.1, 0.15) is 0 Å². The van der Waals surface area contributed by atoms with Gasteiger partial charge in [-0.05, 0) is 34.1 Å². The third-order valence-electron chi connectivity index (χ3n) is 2.50. The van der Waals surface area contributed by atoms with Crippen LogP contribution in [0.3, 0.4) is 0 Å². The summed E-state index contributed by atoms with van der Waals surface area (Å²) >= 11 is 3.41. The van der Waals surface area contributed by atoms with E-state index in [0.717, 1.165) is 9.86 Å². The van der Waals surface area contributed by atoms with Crippen LogP contribution >= 0.6 is 15.9 Å². The molecule has 0 aliphatic carbocycles. The van der Waals surface area contributed by atoms with Gasteiger partial charge >= 0.3 is 0 Å². The maximum Gasteiger partial charge on any atom is 0.164 e. The number of nitrogens with zero attached hydrogens (tertiary/aromatic N) is 3. The monoisotopic (exact) mass is 291 g/mol. The maximum absolute atomic E-state index is 13.7. The molecule has 17 heavy (non-hydrogen) atoms. The average molecular weight is 292 g/mol. The van der Waals surface area contributed by atoms with Gasteiger partial charge in [0.25, 0.3) is 0 Å². The van der Waals surface area contributed by atoms with Gasteiger partial charge in [-0.3, -0.25) is 0 Å². The normalized spacial score (nSPS) is 10.9. The van der Waals surface area contributed by atoms with Gasteiger partial charge in [0, 0.05) is 10.7 Å². The summed E-state index contributed by atoms with van der Waals surface area (Å²) < 4.78 is 16.1. The Morgan fingerprint density at radius 1 is 1.18 bits per heavy atom. The zero-order valence-corrected chi connectivity index (χ0v) is 10.2. The van der Waals surface area contributed by atoms with E-state index in [0.29, 0.717) is 11.3 Å². The molecule has 0 unspecified atom stereocenters. The van der Waals surface area contributed by atoms with Crippen molar-refractivity contribution in [1.82, 2.24) is 14.8 Å². The summed E-state index contributed by atoms with van der Waals surface area (Å²) in [5, 5.41) is 5.03. The van der Waals surface area contributed by atoms with Gasteiger partial charge in [0.05, 0.1) is 11.6 Å². The summed E-state index contributed by atoms with van der Waals surface area (Å²) in [4.78, 5) is 4.22. The van der Waals surface area contributed by atoms with Crippen molar-refractivity contribution in [2.75, 3.05) is 0 Å². The highest BCUT2D eigenvalue weighted by molar-refractivity contribution is 9.10. The zero-order chi connectivity index (χ0) is 11.8. The number of rotatable bonds is 1. The van der Waals surface area contributed by atoms with Crippen molar-refractivity contribution in [2.45, 2.75) is 0 Å². The van der Waals surface area contributed by atoms with Gasteiger partial charge in [-0.1, -0.05) is 12.1 Å². The first-order valence-corrected chi connectivity index (χ1v) is 5.80. The molecule has 0 saturated heterocycles. The van der Waals surface area contributed by atoms with Crippen molar-refractivity contribution in [3.8, 4) is 5.69 Å². The van der Waals surface area contributed by atoms with E-state index in [1.54, 1.807) is 30.6 Å². The number of para-hydroxylation sites is 1. The summed E-state index contributed by atoms with van der Waals surface area (Å²) in [7, 11) is 0. The summed E-state index contributed by atoms with van der Waals surface area (Å²) in [6, 6.07) is 8.32. The fraction of sp³-hybridized carbons (Fsp3) is 0. The fourth-order valence-electron chi connectivity index (χ4n) is 1.70. The summed E-state index contributed by atoms with van der Waals surface area (Å²) in [5.41, 5.74) is 1.03. The second-order valence-electron chi connectivity index (χ2n) is 3.54. The Kier molecular flexibility index (Phi) is 2.40. The van der Waals surface area contributed by atoms with E-state index in [9.17, 15) is 4.39 Å². The zero-order valence-electron chi connectivity index (χ0n) is 8.64. The predicted molar refractivity (Wildman–Crippen MR) is 66.5 cm³/mol. The van der Waals surface area contributed by atoms with E-state index in [-0.39, 0.29) is 5.82 Å². The van der Waals surface area contributed by atoms with Crippen LogP contribution in [-0.4, -0.2) is 14.8 Å². The molecule has 3 rings (SSSR count). The first-order chi connectivity index (χ1) is 8.27. The number of pyridine rings is 1. The molecule has 0 aliphatic heterocycles. The van der Waals surface area contributed by atoms with Gasteiger partial charge in [-0.2, -0.15) is 5.10 Å². The molecule has 84 valence electrons. The van der Waals surface area contributed by atoms with E-state index in [1.165, 1.54) is 10.7 Å². The van der Waals surface area contributed by atoms with E-state index >= 15 is 0 Å². The van der Waals surface area contributed by atoms with Crippen LogP contribution in [0.2, 0.25) is 0 Å². The van der Waals surface area contributed by atoms with Crippen LogP contribution < -0.4 is 0 Å². The highest BCUT2D eigenvalue weighted by Crippen LogP contribution is 2.24. The fourth-order valence-corrected chi connectivity index (χ4v) is 2.10. The van der Waals surface area contributed by atoms with Gasteiger partial charge < -0.3 is 0 Å². The van der Waals surface area contributed by atoms with E-state index in [2.05, 4.69) is 26.0 Å². The Balaban J connectivity index is 2.33. The van der Waals surface area contributed by atoms with Crippen molar-refractivity contribution < 1.29 is 4.39 Å². The predicted octanol–water partition coefficient (Wildman–Crippen LogP) is 3.32. The van der Waals surface area contributed by atoms with Crippen LogP contribution in [0.25, 0.3) is 16.7 Å². The minimum absolute atomic E-state index is 0.320. The van der Waals surface area contributed by atoms with Gasteiger partial charge in [0.15, 0.2) is 5.65 Å². The second-order valence-corrected chi connectivity index (χ2v) is 4.39. The lowest BCUT2D eigenvalue weighted by Crippen LogP contribution is -2.00. The van der Waals surface area contributed by atoms with Gasteiger partial charge in [0.2, 0.25) is 0 Å². The molecule has 0 atom stereocenters. The van der Waals surface area contributed by atoms with Crippen molar-refractivity contribution in [1.29, 1.82) is 0 Å². The van der Waals surface area contributed by atoms with Crippen molar-refractivity contribution >= 4 is 27.0 Å². The number of halogens is 2. The molecule has 0 bridgehead atoms. The Bertz CT molecular complexity index is 693. The Morgan fingerprint density at radius 2 is 2.00 bits per heavy atom. The van der Waals surface area contributed by atoms with Crippen LogP contribution in [0.4, 0.5) is 4.39 Å². The number of benzene rings is 1. The summed E-state index contributed by atoms with van der Waals surface area (Å²) in [6.45, 7) is 0. The number of hydrogen-bond donors (Lipinski definition) is 0. The van der Waals surface area contributed by atoms with E-state index in [1.807, 2.05) is 6.07 Å². The molecular weight excluding hydrogens is 285 g/mol. The molecule has 3 nitrogen and oxygen atoms in total. The smallest absolute Gasteiger partial charge is 0.164 e. The Labute approximate surface area is 105 Å². The highest BCUT2D eigenvalue weighted by Gasteiger charge is 2.11. The molecule has 0 N–H and O–H groups in total. The van der Waals surface area contributed by atoms with Crippen molar-refractivity contribution in [3.05, 3.63) is 53.0 Å². The first-order valence-electron chi connectivity index (χ1n) is 5.00. The summed E-state index contributed by atoms with van der Waals surface area (Å²) in [6.07, 6.45) is 3.32. The lowest BCUT2D eigenvalue weighted by atomic mass is 10.3. The third kappa shape index (κ3) is 1.63. The minimum atomic E-state index is -0.320. The number of hydrogen-bond acceptors (Lipinski definition) is 2. The van der Waals surface area contributed by atoms with Crippen LogP contribution in [0.15, 0.2) is 47.2 Å². The molecule has 3 aromatic rings. The van der Waals surface area contributed by atoms with Gasteiger partial charge in [-0.25, -0.2) is 14.1 Å². The first kappa shape index (κ1) is 10.4. The van der Waals surface area contributed by atoms with Crippen LogP contribution in [0, 0.1) is 5.82 Å². The van der Waals surface area contributed by atoms with E-state index < -0.39 is 0 Å². The molecule has 2 aromatic heterocycles. The molecule has 2 heterocycles. The molecule has 0 saturated carbocycles.